The Balaban J connectivity index is 1.48. The van der Waals surface area contributed by atoms with Crippen molar-refractivity contribution >= 4 is 17.8 Å². The van der Waals surface area contributed by atoms with E-state index in [2.05, 4.69) is 33.9 Å². The van der Waals surface area contributed by atoms with Crippen LogP contribution in [0.1, 0.15) is 35.3 Å². The van der Waals surface area contributed by atoms with Gasteiger partial charge in [0.1, 0.15) is 12.5 Å². The summed E-state index contributed by atoms with van der Waals surface area (Å²) in [5, 5.41) is 0. The van der Waals surface area contributed by atoms with E-state index in [9.17, 15) is 9.18 Å². The zero-order valence-electron chi connectivity index (χ0n) is 18.2. The number of hydrogen-bond acceptors (Lipinski definition) is 4. The quantitative estimate of drug-likeness (QED) is 0.688. The molecule has 162 valence electrons. The second-order valence-electron chi connectivity index (χ2n) is 8.19. The molecule has 0 aliphatic carbocycles. The van der Waals surface area contributed by atoms with Crippen LogP contribution in [-0.4, -0.2) is 60.8 Å². The van der Waals surface area contributed by atoms with Crippen LogP contribution in [0, 0.1) is 5.82 Å². The number of fused-ring (bicyclic) bond motifs is 1. The van der Waals surface area contributed by atoms with Gasteiger partial charge < -0.3 is 9.80 Å². The molecule has 5 nitrogen and oxygen atoms in total. The van der Waals surface area contributed by atoms with Crippen molar-refractivity contribution in [2.45, 2.75) is 26.4 Å². The molecule has 1 amide bonds. The van der Waals surface area contributed by atoms with Crippen molar-refractivity contribution in [1.82, 2.24) is 9.80 Å². The van der Waals surface area contributed by atoms with Crippen LogP contribution in [0.3, 0.4) is 0 Å². The van der Waals surface area contributed by atoms with Gasteiger partial charge in [0, 0.05) is 56.2 Å². The van der Waals surface area contributed by atoms with Crippen molar-refractivity contribution in [3.05, 3.63) is 77.1 Å². The van der Waals surface area contributed by atoms with Crippen LogP contribution >= 0.6 is 0 Å². The molecule has 6 heteroatoms. The maximum Gasteiger partial charge on any atom is 0.256 e. The van der Waals surface area contributed by atoms with Crippen molar-refractivity contribution in [1.29, 1.82) is 0 Å². The number of benzene rings is 2. The zero-order chi connectivity index (χ0) is 21.8. The molecule has 0 radical (unpaired) electrons. The molecule has 1 saturated heterocycles. The predicted molar refractivity (Wildman–Crippen MR) is 123 cm³/mol. The number of piperazine rings is 1. The highest BCUT2D eigenvalue weighted by molar-refractivity contribution is 5.95. The number of carbonyl (C=O) groups excluding carboxylic acids is 1. The smallest absolute Gasteiger partial charge is 0.256 e. The van der Waals surface area contributed by atoms with Crippen LogP contribution in [0.5, 0.6) is 0 Å². The maximum absolute atomic E-state index is 14.6. The monoisotopic (exact) mass is 420 g/mol. The standard InChI is InChI=1S/C25H29FN4O/c1-3-4-11-28-12-13-29(16-19(28)2)25(31)22-14-20(9-10-23(22)26)17-30-18-27-15-21-7-5-6-8-24(21)30/h3-10,14-15,19H,11-13,16-18H2,1-2H3/t19-/m0/s1. The summed E-state index contributed by atoms with van der Waals surface area (Å²) >= 11 is 0. The first-order chi connectivity index (χ1) is 15.1. The van der Waals surface area contributed by atoms with Gasteiger partial charge >= 0.3 is 0 Å². The van der Waals surface area contributed by atoms with Crippen LogP contribution in [0.4, 0.5) is 10.1 Å². The first kappa shape index (κ1) is 21.2. The van der Waals surface area contributed by atoms with Crippen molar-refractivity contribution in [3.8, 4) is 0 Å². The lowest BCUT2D eigenvalue weighted by atomic mass is 10.1. The third-order valence-corrected chi connectivity index (χ3v) is 6.02. The van der Waals surface area contributed by atoms with Crippen LogP contribution in [0.25, 0.3) is 0 Å². The average molecular weight is 421 g/mol. The van der Waals surface area contributed by atoms with Crippen LogP contribution < -0.4 is 4.90 Å². The van der Waals surface area contributed by atoms with Gasteiger partial charge in [-0.25, -0.2) is 4.39 Å². The van der Waals surface area contributed by atoms with E-state index in [0.29, 0.717) is 26.3 Å². The number of allylic oxidation sites excluding steroid dienone is 1. The molecule has 0 aromatic heterocycles. The second-order valence-corrected chi connectivity index (χ2v) is 8.19. The summed E-state index contributed by atoms with van der Waals surface area (Å²) in [7, 11) is 0. The third kappa shape index (κ3) is 4.69. The number of rotatable bonds is 5. The first-order valence-corrected chi connectivity index (χ1v) is 10.8. The van der Waals surface area contributed by atoms with E-state index >= 15 is 0 Å². The molecule has 31 heavy (non-hydrogen) atoms. The van der Waals surface area contributed by atoms with E-state index in [-0.39, 0.29) is 17.5 Å². The van der Waals surface area contributed by atoms with Crippen LogP contribution in [0.2, 0.25) is 0 Å². The van der Waals surface area contributed by atoms with Crippen molar-refractivity contribution < 1.29 is 9.18 Å². The molecular weight excluding hydrogens is 391 g/mol. The minimum Gasteiger partial charge on any atom is -0.347 e. The number of nitrogens with zero attached hydrogens (tertiary/aromatic N) is 4. The van der Waals surface area contributed by atoms with Gasteiger partial charge in [-0.05, 0) is 37.6 Å². The third-order valence-electron chi connectivity index (χ3n) is 6.02. The highest BCUT2D eigenvalue weighted by atomic mass is 19.1. The Morgan fingerprint density at radius 2 is 2.06 bits per heavy atom. The van der Waals surface area contributed by atoms with E-state index in [1.54, 1.807) is 17.0 Å². The lowest BCUT2D eigenvalue weighted by Crippen LogP contribution is -2.53. The molecule has 1 atom stereocenters. The number of aliphatic imine (C=N–C) groups is 1. The Hall–Kier alpha value is -2.99. The summed E-state index contributed by atoms with van der Waals surface area (Å²) in [4.78, 5) is 23.8. The van der Waals surface area contributed by atoms with Gasteiger partial charge in [0.15, 0.2) is 0 Å². The first-order valence-electron chi connectivity index (χ1n) is 10.8. The summed E-state index contributed by atoms with van der Waals surface area (Å²) in [5.41, 5.74) is 3.22. The molecule has 2 heterocycles. The number of carbonyl (C=O) groups is 1. The predicted octanol–water partition coefficient (Wildman–Crippen LogP) is 3.94. The lowest BCUT2D eigenvalue weighted by molar-refractivity contribution is 0.0538. The topological polar surface area (TPSA) is 39.1 Å². The average Bonchev–Trinajstić information content (AvgIpc) is 2.79. The highest BCUT2D eigenvalue weighted by Gasteiger charge is 2.28. The molecule has 1 fully saturated rings. The molecule has 2 aliphatic heterocycles. The highest BCUT2D eigenvalue weighted by Crippen LogP contribution is 2.25. The van der Waals surface area contributed by atoms with Crippen molar-refractivity contribution in [2.24, 2.45) is 4.99 Å². The summed E-state index contributed by atoms with van der Waals surface area (Å²) in [6, 6.07) is 13.2. The fourth-order valence-corrected chi connectivity index (χ4v) is 4.25. The van der Waals surface area contributed by atoms with Gasteiger partial charge in [-0.3, -0.25) is 14.7 Å². The normalized spacial score (nSPS) is 19.1. The van der Waals surface area contributed by atoms with E-state index < -0.39 is 5.82 Å². The molecule has 2 aliphatic rings. The largest absolute Gasteiger partial charge is 0.347 e. The summed E-state index contributed by atoms with van der Waals surface area (Å²) in [6.45, 7) is 8.13. The number of amides is 1. The van der Waals surface area contributed by atoms with Gasteiger partial charge in [-0.1, -0.05) is 36.4 Å². The van der Waals surface area contributed by atoms with Gasteiger partial charge in [0.25, 0.3) is 5.91 Å². The molecular formula is C25H29FN4O. The van der Waals surface area contributed by atoms with E-state index in [1.165, 1.54) is 6.07 Å². The Morgan fingerprint density at radius 3 is 2.87 bits per heavy atom. The molecule has 0 unspecified atom stereocenters. The Bertz CT molecular complexity index is 1000. The van der Waals surface area contributed by atoms with Gasteiger partial charge in [-0.2, -0.15) is 0 Å². The number of hydrogen-bond donors (Lipinski definition) is 0. The fourth-order valence-electron chi connectivity index (χ4n) is 4.25. The summed E-state index contributed by atoms with van der Waals surface area (Å²) in [5.74, 6) is -0.691. The zero-order valence-corrected chi connectivity index (χ0v) is 18.2. The Labute approximate surface area is 183 Å². The summed E-state index contributed by atoms with van der Waals surface area (Å²) in [6.07, 6.45) is 6.04. The maximum atomic E-state index is 14.6. The van der Waals surface area contributed by atoms with Gasteiger partial charge in [-0.15, -0.1) is 0 Å². The SMILES string of the molecule is CC=CCN1CCN(C(=O)c2cc(CN3CN=Cc4ccccc43)ccc2F)C[C@@H]1C. The Kier molecular flexibility index (Phi) is 6.47. The summed E-state index contributed by atoms with van der Waals surface area (Å²) < 4.78 is 14.6. The van der Waals surface area contributed by atoms with Crippen LogP contribution in [-0.2, 0) is 6.54 Å². The lowest BCUT2D eigenvalue weighted by Gasteiger charge is -2.39. The molecule has 0 bridgehead atoms. The van der Waals surface area contributed by atoms with E-state index in [4.69, 9.17) is 0 Å². The minimum absolute atomic E-state index is 0.153. The van der Waals surface area contributed by atoms with Gasteiger partial charge in [0.2, 0.25) is 0 Å². The number of para-hydroxylation sites is 1. The molecule has 0 spiro atoms. The molecule has 0 saturated carbocycles. The molecule has 4 rings (SSSR count). The second kappa shape index (κ2) is 9.43. The number of halogens is 1. The van der Waals surface area contributed by atoms with Crippen molar-refractivity contribution in [3.63, 3.8) is 0 Å². The van der Waals surface area contributed by atoms with Crippen LogP contribution in [0.15, 0.2) is 59.6 Å². The minimum atomic E-state index is -0.463. The fraction of sp³-hybridized carbons (Fsp3) is 0.360. The number of anilines is 1. The molecule has 2 aromatic rings. The van der Waals surface area contributed by atoms with E-state index in [1.807, 2.05) is 37.4 Å². The molecule has 0 N–H and O–H groups in total. The van der Waals surface area contributed by atoms with Crippen molar-refractivity contribution in [2.75, 3.05) is 37.7 Å². The Morgan fingerprint density at radius 1 is 1.23 bits per heavy atom. The van der Waals surface area contributed by atoms with E-state index in [0.717, 1.165) is 29.9 Å². The molecule has 2 aromatic carbocycles. The van der Waals surface area contributed by atoms with Gasteiger partial charge in [0.05, 0.1) is 5.56 Å².